The van der Waals surface area contributed by atoms with Gasteiger partial charge in [0.15, 0.2) is 0 Å². The molecule has 33 heavy (non-hydrogen) atoms. The summed E-state index contributed by atoms with van der Waals surface area (Å²) in [5.41, 5.74) is 3.14. The van der Waals surface area contributed by atoms with E-state index in [1.807, 2.05) is 31.2 Å². The van der Waals surface area contributed by atoms with E-state index in [1.54, 1.807) is 56.7 Å². The Balaban J connectivity index is 1.81. The number of benzene rings is 3. The fraction of sp³-hybridized carbons (Fsp3) is 0.154. The Kier molecular flexibility index (Phi) is 6.04. The first-order chi connectivity index (χ1) is 16.0. The van der Waals surface area contributed by atoms with Crippen molar-refractivity contribution in [2.45, 2.75) is 6.92 Å². The van der Waals surface area contributed by atoms with Gasteiger partial charge in [-0.3, -0.25) is 9.59 Å². The van der Waals surface area contributed by atoms with Crippen LogP contribution in [0.2, 0.25) is 0 Å². The van der Waals surface area contributed by atoms with E-state index in [0.717, 1.165) is 10.5 Å². The van der Waals surface area contributed by atoms with Gasteiger partial charge in [-0.15, -0.1) is 0 Å². The molecule has 4 rings (SSSR count). The standard InChI is InChI=1S/C26H24N2O5/c1-16-5-7-17(8-6-16)23-24(27-21-14-13-20(32-3)15-22(21)33-4)26(30)28(25(23)29)18-9-11-19(31-2)12-10-18/h5-15,27H,1-4H3. The number of anilines is 2. The number of nitrogens with one attached hydrogen (secondary N) is 1. The van der Waals surface area contributed by atoms with E-state index < -0.39 is 11.8 Å². The Hall–Kier alpha value is -4.26. The average Bonchev–Trinajstić information content (AvgIpc) is 3.09. The van der Waals surface area contributed by atoms with Crippen LogP contribution >= 0.6 is 0 Å². The number of aryl methyl sites for hydroxylation is 1. The summed E-state index contributed by atoms with van der Waals surface area (Å²) in [5.74, 6) is 0.848. The first-order valence-corrected chi connectivity index (χ1v) is 10.3. The predicted octanol–water partition coefficient (Wildman–Crippen LogP) is 4.42. The number of ether oxygens (including phenoxy) is 3. The van der Waals surface area contributed by atoms with Crippen molar-refractivity contribution in [2.75, 3.05) is 31.5 Å². The number of hydrogen-bond donors (Lipinski definition) is 1. The van der Waals surface area contributed by atoms with E-state index in [0.29, 0.717) is 34.2 Å². The normalized spacial score (nSPS) is 13.4. The molecule has 3 aromatic rings. The number of methoxy groups -OCH3 is 3. The van der Waals surface area contributed by atoms with Gasteiger partial charge >= 0.3 is 0 Å². The highest BCUT2D eigenvalue weighted by molar-refractivity contribution is 6.46. The van der Waals surface area contributed by atoms with E-state index in [-0.39, 0.29) is 11.3 Å². The number of rotatable bonds is 7. The smallest absolute Gasteiger partial charge is 0.282 e. The third-order valence-corrected chi connectivity index (χ3v) is 5.42. The molecule has 1 heterocycles. The lowest BCUT2D eigenvalue weighted by Crippen LogP contribution is -2.32. The molecule has 168 valence electrons. The van der Waals surface area contributed by atoms with Crippen LogP contribution < -0.4 is 24.4 Å². The van der Waals surface area contributed by atoms with Gasteiger partial charge in [-0.2, -0.15) is 0 Å². The zero-order chi connectivity index (χ0) is 23.5. The second-order valence-electron chi connectivity index (χ2n) is 7.45. The van der Waals surface area contributed by atoms with Crippen LogP contribution in [-0.4, -0.2) is 33.1 Å². The third-order valence-electron chi connectivity index (χ3n) is 5.42. The minimum absolute atomic E-state index is 0.170. The molecule has 0 bridgehead atoms. The Morgan fingerprint density at radius 1 is 0.727 bits per heavy atom. The van der Waals surface area contributed by atoms with Crippen LogP contribution in [0.3, 0.4) is 0 Å². The van der Waals surface area contributed by atoms with Crippen molar-refractivity contribution < 1.29 is 23.8 Å². The van der Waals surface area contributed by atoms with E-state index in [9.17, 15) is 9.59 Å². The Labute approximate surface area is 192 Å². The average molecular weight is 444 g/mol. The highest BCUT2D eigenvalue weighted by Crippen LogP contribution is 2.37. The monoisotopic (exact) mass is 444 g/mol. The number of nitrogens with zero attached hydrogens (tertiary/aromatic N) is 1. The quantitative estimate of drug-likeness (QED) is 0.544. The largest absolute Gasteiger partial charge is 0.497 e. The van der Waals surface area contributed by atoms with E-state index in [4.69, 9.17) is 14.2 Å². The molecule has 0 fully saturated rings. The fourth-order valence-electron chi connectivity index (χ4n) is 3.64. The van der Waals surface area contributed by atoms with Crippen LogP contribution in [0, 0.1) is 6.92 Å². The van der Waals surface area contributed by atoms with Gasteiger partial charge in [0.1, 0.15) is 22.9 Å². The summed E-state index contributed by atoms with van der Waals surface area (Å²) in [6, 6.07) is 19.4. The maximum atomic E-state index is 13.5. The van der Waals surface area contributed by atoms with Crippen molar-refractivity contribution in [3.8, 4) is 17.2 Å². The number of carbonyl (C=O) groups excluding carboxylic acids is 2. The van der Waals surface area contributed by atoms with E-state index >= 15 is 0 Å². The maximum Gasteiger partial charge on any atom is 0.282 e. The zero-order valence-electron chi connectivity index (χ0n) is 18.8. The number of hydrogen-bond acceptors (Lipinski definition) is 6. The topological polar surface area (TPSA) is 77.1 Å². The summed E-state index contributed by atoms with van der Waals surface area (Å²) in [5, 5.41) is 3.14. The van der Waals surface area contributed by atoms with Crippen LogP contribution in [-0.2, 0) is 9.59 Å². The number of carbonyl (C=O) groups is 2. The van der Waals surface area contributed by atoms with Crippen molar-refractivity contribution in [3.05, 3.63) is 83.6 Å². The van der Waals surface area contributed by atoms with Crippen LogP contribution in [0.5, 0.6) is 17.2 Å². The minimum Gasteiger partial charge on any atom is -0.497 e. The minimum atomic E-state index is -0.460. The molecule has 2 amide bonds. The molecular weight excluding hydrogens is 420 g/mol. The van der Waals surface area contributed by atoms with Gasteiger partial charge in [-0.1, -0.05) is 29.8 Å². The van der Waals surface area contributed by atoms with Crippen molar-refractivity contribution in [3.63, 3.8) is 0 Å². The zero-order valence-corrected chi connectivity index (χ0v) is 18.8. The molecule has 7 heteroatoms. The Morgan fingerprint density at radius 3 is 1.97 bits per heavy atom. The molecule has 0 unspecified atom stereocenters. The van der Waals surface area contributed by atoms with Crippen LogP contribution in [0.15, 0.2) is 72.4 Å². The molecule has 1 aliphatic rings. The van der Waals surface area contributed by atoms with Crippen molar-refractivity contribution in [1.29, 1.82) is 0 Å². The van der Waals surface area contributed by atoms with Crippen molar-refractivity contribution >= 4 is 28.8 Å². The Bertz CT molecular complexity index is 1230. The van der Waals surface area contributed by atoms with E-state index in [1.165, 1.54) is 7.11 Å². The summed E-state index contributed by atoms with van der Waals surface area (Å²) in [4.78, 5) is 28.2. The molecule has 0 aromatic heterocycles. The molecule has 0 atom stereocenters. The van der Waals surface area contributed by atoms with Gasteiger partial charge in [-0.05, 0) is 48.9 Å². The van der Waals surface area contributed by atoms with Gasteiger partial charge < -0.3 is 19.5 Å². The molecule has 0 spiro atoms. The van der Waals surface area contributed by atoms with Crippen LogP contribution in [0.1, 0.15) is 11.1 Å². The summed E-state index contributed by atoms with van der Waals surface area (Å²) in [7, 11) is 4.65. The lowest BCUT2D eigenvalue weighted by atomic mass is 10.0. The number of imide groups is 1. The molecule has 3 aromatic carbocycles. The van der Waals surface area contributed by atoms with Crippen molar-refractivity contribution in [1.82, 2.24) is 0 Å². The van der Waals surface area contributed by atoms with E-state index in [2.05, 4.69) is 5.32 Å². The molecule has 0 saturated carbocycles. The molecule has 0 aliphatic carbocycles. The van der Waals surface area contributed by atoms with Gasteiger partial charge in [0.2, 0.25) is 0 Å². The SMILES string of the molecule is COc1ccc(N2C(=O)C(Nc3ccc(OC)cc3OC)=C(c3ccc(C)cc3)C2=O)cc1. The summed E-state index contributed by atoms with van der Waals surface area (Å²) >= 11 is 0. The maximum absolute atomic E-state index is 13.5. The van der Waals surface area contributed by atoms with Crippen LogP contribution in [0.4, 0.5) is 11.4 Å². The highest BCUT2D eigenvalue weighted by atomic mass is 16.5. The second-order valence-corrected chi connectivity index (χ2v) is 7.45. The van der Waals surface area contributed by atoms with Gasteiger partial charge in [-0.25, -0.2) is 4.90 Å². The summed E-state index contributed by atoms with van der Waals surface area (Å²) < 4.78 is 15.9. The summed E-state index contributed by atoms with van der Waals surface area (Å²) in [6.07, 6.45) is 0. The number of amides is 2. The molecule has 0 radical (unpaired) electrons. The van der Waals surface area contributed by atoms with Crippen molar-refractivity contribution in [2.24, 2.45) is 0 Å². The Morgan fingerprint density at radius 2 is 1.36 bits per heavy atom. The second kappa shape index (κ2) is 9.08. The molecule has 1 N–H and O–H groups in total. The molecule has 0 saturated heterocycles. The molecule has 7 nitrogen and oxygen atoms in total. The lowest BCUT2D eigenvalue weighted by molar-refractivity contribution is -0.120. The van der Waals surface area contributed by atoms with Gasteiger partial charge in [0, 0.05) is 6.07 Å². The first-order valence-electron chi connectivity index (χ1n) is 10.3. The first kappa shape index (κ1) is 22.0. The van der Waals surface area contributed by atoms with Gasteiger partial charge in [0.05, 0.1) is 38.3 Å². The molecule has 1 aliphatic heterocycles. The third kappa shape index (κ3) is 4.13. The molecular formula is C26H24N2O5. The predicted molar refractivity (Wildman–Crippen MR) is 127 cm³/mol. The lowest BCUT2D eigenvalue weighted by Gasteiger charge is -2.16. The van der Waals surface area contributed by atoms with Gasteiger partial charge in [0.25, 0.3) is 11.8 Å². The van der Waals surface area contributed by atoms with Crippen LogP contribution in [0.25, 0.3) is 5.57 Å². The summed E-state index contributed by atoms with van der Waals surface area (Å²) in [6.45, 7) is 1.96. The highest BCUT2D eigenvalue weighted by Gasteiger charge is 2.40. The fourth-order valence-corrected chi connectivity index (χ4v) is 3.64.